The highest BCUT2D eigenvalue weighted by atomic mass is 16.6. The van der Waals surface area contributed by atoms with Crippen molar-refractivity contribution in [3.8, 4) is 0 Å². The van der Waals surface area contributed by atoms with Crippen LogP contribution in [0.25, 0.3) is 0 Å². The van der Waals surface area contributed by atoms with Gasteiger partial charge in [0, 0.05) is 31.7 Å². The summed E-state index contributed by atoms with van der Waals surface area (Å²) < 4.78 is 11.9. The van der Waals surface area contributed by atoms with Crippen molar-refractivity contribution < 1.29 is 23.9 Å². The van der Waals surface area contributed by atoms with Crippen LogP contribution in [0.15, 0.2) is 11.1 Å². The summed E-state index contributed by atoms with van der Waals surface area (Å²) in [5.74, 6) is 1.56. The van der Waals surface area contributed by atoms with Crippen LogP contribution in [0.4, 0.5) is 4.79 Å². The molecule has 0 aromatic rings. The van der Waals surface area contributed by atoms with E-state index >= 15 is 0 Å². The Labute approximate surface area is 278 Å². The Morgan fingerprint density at radius 1 is 0.891 bits per heavy atom. The second-order valence-electron chi connectivity index (χ2n) is 18.2. The first-order chi connectivity index (χ1) is 21.4. The van der Waals surface area contributed by atoms with Gasteiger partial charge in [0.15, 0.2) is 11.5 Å². The maximum Gasteiger partial charge on any atom is 0.410 e. The minimum atomic E-state index is -1.11. The van der Waals surface area contributed by atoms with Gasteiger partial charge in [0.1, 0.15) is 6.61 Å². The highest BCUT2D eigenvalue weighted by molar-refractivity contribution is 6.00. The topological polar surface area (TPSA) is 84.9 Å². The van der Waals surface area contributed by atoms with E-state index in [4.69, 9.17) is 9.47 Å². The molecule has 1 amide bonds. The van der Waals surface area contributed by atoms with E-state index in [0.717, 1.165) is 63.7 Å². The van der Waals surface area contributed by atoms with Crippen LogP contribution in [-0.4, -0.2) is 54.7 Å². The zero-order chi connectivity index (χ0) is 33.5. The molecule has 1 N–H and O–H groups in total. The van der Waals surface area contributed by atoms with Crippen LogP contribution in [0.5, 0.6) is 0 Å². The molecule has 258 valence electrons. The van der Waals surface area contributed by atoms with Gasteiger partial charge in [-0.05, 0) is 122 Å². The fourth-order valence-corrected chi connectivity index (χ4v) is 13.0. The number of carbonyl (C=O) groups excluding carboxylic acids is 3. The molecule has 0 aromatic heterocycles. The van der Waals surface area contributed by atoms with Gasteiger partial charge in [0.05, 0.1) is 0 Å². The predicted molar refractivity (Wildman–Crippen MR) is 180 cm³/mol. The number of fused-ring (bicyclic) bond motifs is 7. The number of carbonyl (C=O) groups is 3. The standard InChI is InChI=1S/C39H62N2O5/c1-25(2)31-28(43)24-35(6)16-18-37(8)27(32(31)35)12-13-30-36(7)17-19-39(46-26(3)42,34(4,5)29(36)14-15-38(30,37)9)40-33(44)45-23-22-41-20-10-11-21-41/h25,27,29-30H,10-24H2,1-9H3,(H,40,44)/t27-,29+,30-,35+,36+,37-,38-,39+/m1/s1. The number of ketones is 1. The fourth-order valence-electron chi connectivity index (χ4n) is 13.0. The first kappa shape index (κ1) is 34.0. The zero-order valence-corrected chi connectivity index (χ0v) is 30.4. The Morgan fingerprint density at radius 3 is 2.24 bits per heavy atom. The lowest BCUT2D eigenvalue weighted by Gasteiger charge is -2.73. The molecule has 6 rings (SSSR count). The summed E-state index contributed by atoms with van der Waals surface area (Å²) in [7, 11) is 0. The van der Waals surface area contributed by atoms with Crippen LogP contribution in [0.1, 0.15) is 133 Å². The first-order valence-corrected chi connectivity index (χ1v) is 18.6. The average Bonchev–Trinajstić information content (AvgIpc) is 3.56. The van der Waals surface area contributed by atoms with E-state index in [1.807, 2.05) is 0 Å². The molecule has 7 heteroatoms. The molecule has 1 aliphatic heterocycles. The lowest BCUT2D eigenvalue weighted by Crippen LogP contribution is -2.72. The van der Waals surface area contributed by atoms with Gasteiger partial charge in [-0.1, -0.05) is 61.0 Å². The van der Waals surface area contributed by atoms with Crippen LogP contribution in [0.3, 0.4) is 0 Å². The molecule has 0 aromatic carbocycles. The number of amides is 1. The van der Waals surface area contributed by atoms with Gasteiger partial charge in [-0.25, -0.2) is 4.79 Å². The SMILES string of the molecule is CC(=O)O[C@@]1(NC(=O)OCCN2CCCC2)CC[C@]2(C)[C@H]3CC[C@@H]4C5=C(C(C)C)C(=O)C[C@]5(C)CC[C@@]4(C)[C@]3(C)CC[C@H]2C1(C)C. The van der Waals surface area contributed by atoms with Crippen LogP contribution in [0, 0.1) is 50.7 Å². The molecule has 6 aliphatic rings. The van der Waals surface area contributed by atoms with E-state index in [2.05, 4.69) is 65.6 Å². The van der Waals surface area contributed by atoms with E-state index < -0.39 is 17.2 Å². The summed E-state index contributed by atoms with van der Waals surface area (Å²) in [4.78, 5) is 41.7. The molecule has 5 aliphatic carbocycles. The normalized spacial score (nSPS) is 43.4. The van der Waals surface area contributed by atoms with Crippen molar-refractivity contribution in [1.29, 1.82) is 0 Å². The summed E-state index contributed by atoms with van der Waals surface area (Å²) in [6, 6.07) is 0. The van der Waals surface area contributed by atoms with Gasteiger partial charge in [-0.3, -0.25) is 19.8 Å². The van der Waals surface area contributed by atoms with Gasteiger partial charge < -0.3 is 9.47 Å². The molecule has 0 spiro atoms. The number of likely N-dealkylation sites (tertiary alicyclic amines) is 1. The van der Waals surface area contributed by atoms with Gasteiger partial charge in [-0.2, -0.15) is 0 Å². The van der Waals surface area contributed by atoms with E-state index in [-0.39, 0.29) is 39.5 Å². The van der Waals surface area contributed by atoms with Crippen molar-refractivity contribution in [3.05, 3.63) is 11.1 Å². The number of nitrogens with one attached hydrogen (secondary N) is 1. The lowest BCUT2D eigenvalue weighted by molar-refractivity contribution is -0.263. The van der Waals surface area contributed by atoms with Gasteiger partial charge in [0.2, 0.25) is 0 Å². The van der Waals surface area contributed by atoms with Crippen molar-refractivity contribution in [3.63, 3.8) is 0 Å². The minimum Gasteiger partial charge on any atom is -0.448 e. The Morgan fingerprint density at radius 2 is 1.59 bits per heavy atom. The molecular formula is C39H62N2O5. The van der Waals surface area contributed by atoms with E-state index in [1.165, 1.54) is 31.8 Å². The van der Waals surface area contributed by atoms with Crippen molar-refractivity contribution >= 4 is 17.8 Å². The quantitative estimate of drug-likeness (QED) is 0.234. The number of alkyl carbamates (subject to hydrolysis) is 1. The Bertz CT molecular complexity index is 1300. The fraction of sp³-hybridized carbons (Fsp3) is 0.872. The van der Waals surface area contributed by atoms with Crippen molar-refractivity contribution in [2.24, 2.45) is 50.7 Å². The minimum absolute atomic E-state index is 0.0242. The van der Waals surface area contributed by atoms with Crippen molar-refractivity contribution in [1.82, 2.24) is 10.2 Å². The Kier molecular flexibility index (Phi) is 8.38. The second-order valence-corrected chi connectivity index (χ2v) is 18.2. The summed E-state index contributed by atoms with van der Waals surface area (Å²) in [6.07, 6.45) is 10.8. The second kappa shape index (κ2) is 11.3. The van der Waals surface area contributed by atoms with E-state index in [0.29, 0.717) is 37.1 Å². The number of esters is 1. The number of rotatable bonds is 6. The third-order valence-electron chi connectivity index (χ3n) is 15.4. The summed E-state index contributed by atoms with van der Waals surface area (Å²) in [6.45, 7) is 23.6. The van der Waals surface area contributed by atoms with E-state index in [1.54, 1.807) is 0 Å². The summed E-state index contributed by atoms with van der Waals surface area (Å²) in [5.41, 5.74) is 1.42. The molecule has 7 nitrogen and oxygen atoms in total. The largest absolute Gasteiger partial charge is 0.448 e. The molecule has 0 radical (unpaired) electrons. The number of nitrogens with zero attached hydrogens (tertiary/aromatic N) is 1. The monoisotopic (exact) mass is 638 g/mol. The number of hydrogen-bond donors (Lipinski definition) is 1. The van der Waals surface area contributed by atoms with Crippen molar-refractivity contribution in [2.45, 2.75) is 139 Å². The van der Waals surface area contributed by atoms with Crippen LogP contribution in [-0.2, 0) is 19.1 Å². The first-order valence-electron chi connectivity index (χ1n) is 18.6. The highest BCUT2D eigenvalue weighted by Gasteiger charge is 2.72. The smallest absolute Gasteiger partial charge is 0.410 e. The maximum atomic E-state index is 13.4. The average molecular weight is 639 g/mol. The van der Waals surface area contributed by atoms with Crippen LogP contribution < -0.4 is 5.32 Å². The van der Waals surface area contributed by atoms with E-state index in [9.17, 15) is 14.4 Å². The molecule has 1 heterocycles. The van der Waals surface area contributed by atoms with Gasteiger partial charge in [-0.15, -0.1) is 0 Å². The molecule has 8 atom stereocenters. The summed E-state index contributed by atoms with van der Waals surface area (Å²) in [5, 5.41) is 3.15. The highest BCUT2D eigenvalue weighted by Crippen LogP contribution is 2.77. The predicted octanol–water partition coefficient (Wildman–Crippen LogP) is 8.07. The zero-order valence-electron chi connectivity index (χ0n) is 30.4. The summed E-state index contributed by atoms with van der Waals surface area (Å²) >= 11 is 0. The molecular weight excluding hydrogens is 576 g/mol. The Balaban J connectivity index is 1.28. The number of Topliss-reactive ketones (excluding diaryl/α,β-unsaturated/α-hetero) is 1. The third kappa shape index (κ3) is 4.85. The van der Waals surface area contributed by atoms with Crippen LogP contribution >= 0.6 is 0 Å². The molecule has 1 saturated heterocycles. The van der Waals surface area contributed by atoms with Gasteiger partial charge in [0.25, 0.3) is 0 Å². The molecule has 5 fully saturated rings. The molecule has 4 saturated carbocycles. The molecule has 46 heavy (non-hydrogen) atoms. The lowest BCUT2D eigenvalue weighted by atomic mass is 9.32. The maximum absolute atomic E-state index is 13.4. The molecule has 0 unspecified atom stereocenters. The number of ether oxygens (including phenoxy) is 2. The van der Waals surface area contributed by atoms with Crippen LogP contribution in [0.2, 0.25) is 0 Å². The molecule has 0 bridgehead atoms. The van der Waals surface area contributed by atoms with Gasteiger partial charge >= 0.3 is 12.1 Å². The Hall–Kier alpha value is -1.89. The van der Waals surface area contributed by atoms with Crippen molar-refractivity contribution in [2.75, 3.05) is 26.2 Å². The number of hydrogen-bond acceptors (Lipinski definition) is 6. The third-order valence-corrected chi connectivity index (χ3v) is 15.4. The number of allylic oxidation sites excluding steroid dienone is 2.